The first-order valence-electron chi connectivity index (χ1n) is 5.00. The maximum absolute atomic E-state index is 11.5. The third kappa shape index (κ3) is 1.87. The van der Waals surface area contributed by atoms with Gasteiger partial charge in [-0.3, -0.25) is 4.79 Å². The second-order valence-corrected chi connectivity index (χ2v) is 3.42. The molecule has 0 fully saturated rings. The summed E-state index contributed by atoms with van der Waals surface area (Å²) in [6.07, 6.45) is 1.40. The molecule has 15 heavy (non-hydrogen) atoms. The Morgan fingerprint density at radius 3 is 3.07 bits per heavy atom. The summed E-state index contributed by atoms with van der Waals surface area (Å²) in [4.78, 5) is 11.5. The van der Waals surface area contributed by atoms with E-state index in [1.165, 1.54) is 0 Å². The maximum Gasteiger partial charge on any atom is 0.163 e. The molecule has 0 N–H and O–H groups in total. The van der Waals surface area contributed by atoms with E-state index < -0.39 is 0 Å². The van der Waals surface area contributed by atoms with E-state index in [-0.39, 0.29) is 5.78 Å². The van der Waals surface area contributed by atoms with Crippen LogP contribution in [0.5, 0.6) is 5.75 Å². The third-order valence-electron chi connectivity index (χ3n) is 2.51. The Kier molecular flexibility index (Phi) is 2.73. The van der Waals surface area contributed by atoms with E-state index in [0.717, 1.165) is 23.3 Å². The second-order valence-electron chi connectivity index (χ2n) is 3.42. The van der Waals surface area contributed by atoms with Crippen LogP contribution in [-0.2, 0) is 6.42 Å². The topological polar surface area (TPSA) is 26.3 Å². The highest BCUT2D eigenvalue weighted by Gasteiger charge is 2.22. The Hall–Kier alpha value is -1.75. The minimum atomic E-state index is 0.219. The van der Waals surface area contributed by atoms with Gasteiger partial charge in [-0.15, -0.1) is 5.92 Å². The number of fused-ring (bicyclic) bond motifs is 1. The largest absolute Gasteiger partial charge is 0.481 e. The fourth-order valence-electron chi connectivity index (χ4n) is 1.78. The first-order valence-corrected chi connectivity index (χ1v) is 5.00. The van der Waals surface area contributed by atoms with Gasteiger partial charge in [0.2, 0.25) is 0 Å². The van der Waals surface area contributed by atoms with Crippen molar-refractivity contribution in [2.75, 3.05) is 6.61 Å². The Morgan fingerprint density at radius 2 is 2.27 bits per heavy atom. The van der Waals surface area contributed by atoms with Gasteiger partial charge in [-0.05, 0) is 19.4 Å². The average molecular weight is 200 g/mol. The first kappa shape index (κ1) is 9.79. The Balaban J connectivity index is 2.25. The molecule has 0 aromatic heterocycles. The molecular formula is C13H12O2. The summed E-state index contributed by atoms with van der Waals surface area (Å²) in [7, 11) is 0. The molecule has 0 spiro atoms. The van der Waals surface area contributed by atoms with Gasteiger partial charge < -0.3 is 4.74 Å². The summed E-state index contributed by atoms with van der Waals surface area (Å²) in [6.45, 7) is 2.17. The predicted molar refractivity (Wildman–Crippen MR) is 58.0 cm³/mol. The molecule has 1 aromatic carbocycles. The van der Waals surface area contributed by atoms with Crippen LogP contribution in [0, 0.1) is 11.8 Å². The van der Waals surface area contributed by atoms with Crippen molar-refractivity contribution in [1.29, 1.82) is 0 Å². The molecule has 0 saturated heterocycles. The zero-order valence-corrected chi connectivity index (χ0v) is 8.67. The monoisotopic (exact) mass is 200 g/mol. The van der Waals surface area contributed by atoms with Gasteiger partial charge in [0.15, 0.2) is 5.78 Å². The lowest BCUT2D eigenvalue weighted by atomic mass is 10.1. The van der Waals surface area contributed by atoms with Crippen molar-refractivity contribution in [1.82, 2.24) is 0 Å². The van der Waals surface area contributed by atoms with Crippen molar-refractivity contribution in [2.45, 2.75) is 19.8 Å². The van der Waals surface area contributed by atoms with Crippen LogP contribution in [-0.4, -0.2) is 12.4 Å². The number of ether oxygens (including phenoxy) is 1. The van der Waals surface area contributed by atoms with E-state index in [0.29, 0.717) is 13.0 Å². The van der Waals surface area contributed by atoms with Gasteiger partial charge in [0, 0.05) is 17.5 Å². The van der Waals surface area contributed by atoms with Gasteiger partial charge in [-0.1, -0.05) is 18.1 Å². The van der Waals surface area contributed by atoms with E-state index in [1.54, 1.807) is 6.92 Å². The minimum absolute atomic E-state index is 0.219. The normalized spacial score (nSPS) is 13.0. The average Bonchev–Trinajstić information content (AvgIpc) is 2.62. The molecule has 2 nitrogen and oxygen atoms in total. The number of benzene rings is 1. The molecule has 0 radical (unpaired) electrons. The molecule has 1 aliphatic carbocycles. The van der Waals surface area contributed by atoms with Crippen molar-refractivity contribution in [3.05, 3.63) is 29.3 Å². The molecule has 0 unspecified atom stereocenters. The summed E-state index contributed by atoms with van der Waals surface area (Å²) in [6, 6.07) is 5.62. The van der Waals surface area contributed by atoms with E-state index in [2.05, 4.69) is 11.8 Å². The van der Waals surface area contributed by atoms with Crippen LogP contribution in [0.3, 0.4) is 0 Å². The molecule has 1 aliphatic rings. The van der Waals surface area contributed by atoms with Crippen LogP contribution in [0.25, 0.3) is 0 Å². The Morgan fingerprint density at radius 1 is 1.40 bits per heavy atom. The zero-order chi connectivity index (χ0) is 10.7. The molecule has 0 amide bonds. The number of hydrogen-bond acceptors (Lipinski definition) is 2. The highest BCUT2D eigenvalue weighted by molar-refractivity contribution is 6.01. The summed E-state index contributed by atoms with van der Waals surface area (Å²) in [5.41, 5.74) is 1.86. The number of Topliss-reactive ketones (excluding diaryl/α,β-unsaturated/α-hetero) is 1. The Labute approximate surface area is 89.3 Å². The van der Waals surface area contributed by atoms with Gasteiger partial charge >= 0.3 is 0 Å². The van der Waals surface area contributed by atoms with Crippen LogP contribution >= 0.6 is 0 Å². The molecule has 0 atom stereocenters. The van der Waals surface area contributed by atoms with Crippen LogP contribution in [0.2, 0.25) is 0 Å². The summed E-state index contributed by atoms with van der Waals surface area (Å²) in [5.74, 6) is 6.64. The van der Waals surface area contributed by atoms with Crippen molar-refractivity contribution < 1.29 is 9.53 Å². The molecule has 0 saturated carbocycles. The number of ketones is 1. The van der Waals surface area contributed by atoms with Crippen molar-refractivity contribution in [3.63, 3.8) is 0 Å². The van der Waals surface area contributed by atoms with E-state index >= 15 is 0 Å². The molecule has 2 heteroatoms. The molecule has 0 aliphatic heterocycles. The summed E-state index contributed by atoms with van der Waals surface area (Å²) >= 11 is 0. The molecule has 76 valence electrons. The fraction of sp³-hybridized carbons (Fsp3) is 0.308. The summed E-state index contributed by atoms with van der Waals surface area (Å²) in [5, 5.41) is 0. The smallest absolute Gasteiger partial charge is 0.163 e. The number of carbonyl (C=O) groups is 1. The van der Waals surface area contributed by atoms with Crippen molar-refractivity contribution in [2.24, 2.45) is 0 Å². The van der Waals surface area contributed by atoms with Gasteiger partial charge in [-0.25, -0.2) is 0 Å². The van der Waals surface area contributed by atoms with Gasteiger partial charge in [0.1, 0.15) is 12.4 Å². The van der Waals surface area contributed by atoms with Crippen LogP contribution in [0.4, 0.5) is 0 Å². The second kappa shape index (κ2) is 4.18. The molecule has 0 heterocycles. The van der Waals surface area contributed by atoms with Crippen LogP contribution < -0.4 is 4.74 Å². The number of rotatable bonds is 2. The molecular weight excluding hydrogens is 188 g/mol. The summed E-state index contributed by atoms with van der Waals surface area (Å²) < 4.78 is 5.51. The molecule has 2 rings (SSSR count). The lowest BCUT2D eigenvalue weighted by Crippen LogP contribution is -1.98. The molecule has 1 aromatic rings. The van der Waals surface area contributed by atoms with E-state index in [4.69, 9.17) is 4.74 Å². The standard InChI is InChI=1S/C13H12O2/c1-2-3-9-15-13-6-4-5-10-11(13)7-8-12(10)14/h4-6H,7-9H2,1H3. The highest BCUT2D eigenvalue weighted by Crippen LogP contribution is 2.30. The number of hydrogen-bond donors (Lipinski definition) is 0. The van der Waals surface area contributed by atoms with Gasteiger partial charge in [0.05, 0.1) is 0 Å². The minimum Gasteiger partial charge on any atom is -0.481 e. The predicted octanol–water partition coefficient (Wildman–Crippen LogP) is 2.22. The maximum atomic E-state index is 11.5. The number of carbonyl (C=O) groups excluding carboxylic acids is 1. The Bertz CT molecular complexity index is 449. The lowest BCUT2D eigenvalue weighted by Gasteiger charge is -2.06. The van der Waals surface area contributed by atoms with Crippen molar-refractivity contribution >= 4 is 5.78 Å². The zero-order valence-electron chi connectivity index (χ0n) is 8.67. The lowest BCUT2D eigenvalue weighted by molar-refractivity contribution is 0.0994. The first-order chi connectivity index (χ1) is 7.33. The van der Waals surface area contributed by atoms with Crippen molar-refractivity contribution in [3.8, 4) is 17.6 Å². The van der Waals surface area contributed by atoms with Gasteiger partial charge in [-0.2, -0.15) is 0 Å². The van der Waals surface area contributed by atoms with Gasteiger partial charge in [0.25, 0.3) is 0 Å². The van der Waals surface area contributed by atoms with Crippen LogP contribution in [0.15, 0.2) is 18.2 Å². The van der Waals surface area contributed by atoms with Crippen LogP contribution in [0.1, 0.15) is 29.3 Å². The van der Waals surface area contributed by atoms with E-state index in [1.807, 2.05) is 18.2 Å². The fourth-order valence-corrected chi connectivity index (χ4v) is 1.78. The SMILES string of the molecule is CC#CCOc1cccc2c1CCC2=O. The third-order valence-corrected chi connectivity index (χ3v) is 2.51. The highest BCUT2D eigenvalue weighted by atomic mass is 16.5. The quantitative estimate of drug-likeness (QED) is 0.684. The van der Waals surface area contributed by atoms with E-state index in [9.17, 15) is 4.79 Å². The molecule has 0 bridgehead atoms.